The third-order valence-electron chi connectivity index (χ3n) is 3.39. The average Bonchev–Trinajstić information content (AvgIpc) is 2.95. The van der Waals surface area contributed by atoms with Gasteiger partial charge in [0, 0.05) is 30.9 Å². The molecule has 0 spiro atoms. The van der Waals surface area contributed by atoms with Gasteiger partial charge >= 0.3 is 0 Å². The van der Waals surface area contributed by atoms with Crippen LogP contribution in [-0.2, 0) is 7.05 Å². The van der Waals surface area contributed by atoms with Crippen LogP contribution in [0.15, 0.2) is 12.4 Å². The fraction of sp³-hybridized carbons (Fsp3) is 0.357. The quantitative estimate of drug-likeness (QED) is 0.804. The molecule has 0 fully saturated rings. The average molecular weight is 287 g/mol. The van der Waals surface area contributed by atoms with Crippen LogP contribution in [0.3, 0.4) is 0 Å². The Bertz CT molecular complexity index is 771. The molecule has 0 aliphatic carbocycles. The molecular formula is C14H17N5S. The van der Waals surface area contributed by atoms with E-state index in [9.17, 15) is 0 Å². The van der Waals surface area contributed by atoms with E-state index >= 15 is 0 Å². The molecule has 3 aromatic rings. The molecule has 5 nitrogen and oxygen atoms in total. The lowest BCUT2D eigenvalue weighted by Crippen LogP contribution is -2.04. The van der Waals surface area contributed by atoms with E-state index in [1.807, 2.05) is 17.8 Å². The predicted octanol–water partition coefficient (Wildman–Crippen LogP) is 3.14. The molecule has 0 aliphatic heterocycles. The molecule has 0 unspecified atom stereocenters. The number of rotatable bonds is 3. The molecule has 0 saturated heterocycles. The molecule has 0 bridgehead atoms. The van der Waals surface area contributed by atoms with Crippen molar-refractivity contribution in [3.8, 4) is 11.6 Å². The van der Waals surface area contributed by atoms with E-state index in [0.717, 1.165) is 28.4 Å². The van der Waals surface area contributed by atoms with Crippen LogP contribution >= 0.6 is 11.3 Å². The molecule has 0 aliphatic rings. The molecule has 3 aromatic heterocycles. The van der Waals surface area contributed by atoms with E-state index in [4.69, 9.17) is 0 Å². The number of nitrogens with one attached hydrogen (secondary N) is 1. The summed E-state index contributed by atoms with van der Waals surface area (Å²) in [7, 11) is 1.95. The number of hydrogen-bond donors (Lipinski definition) is 1. The van der Waals surface area contributed by atoms with Crippen molar-refractivity contribution in [2.24, 2.45) is 7.05 Å². The minimum absolute atomic E-state index is 0.669. The van der Waals surface area contributed by atoms with Crippen molar-refractivity contribution in [1.29, 1.82) is 0 Å². The van der Waals surface area contributed by atoms with Crippen LogP contribution < -0.4 is 5.32 Å². The lowest BCUT2D eigenvalue weighted by Gasteiger charge is -2.08. The molecule has 0 atom stereocenters. The SMILES string of the molecule is CCNc1nc(-c2nccn2C)nc2sc(C)c(C)c12. The zero-order valence-electron chi connectivity index (χ0n) is 12.1. The largest absolute Gasteiger partial charge is 0.370 e. The number of imidazole rings is 1. The second-order valence-electron chi connectivity index (χ2n) is 4.75. The van der Waals surface area contributed by atoms with Gasteiger partial charge in [0.1, 0.15) is 10.6 Å². The molecule has 0 amide bonds. The summed E-state index contributed by atoms with van der Waals surface area (Å²) in [5, 5.41) is 4.48. The van der Waals surface area contributed by atoms with Gasteiger partial charge in [-0.1, -0.05) is 0 Å². The highest BCUT2D eigenvalue weighted by Crippen LogP contribution is 2.34. The van der Waals surface area contributed by atoms with Gasteiger partial charge in [-0.2, -0.15) is 0 Å². The number of nitrogens with zero attached hydrogens (tertiary/aromatic N) is 4. The summed E-state index contributed by atoms with van der Waals surface area (Å²) >= 11 is 1.71. The van der Waals surface area contributed by atoms with E-state index < -0.39 is 0 Å². The van der Waals surface area contributed by atoms with Gasteiger partial charge in [0.15, 0.2) is 11.6 Å². The molecule has 3 heterocycles. The van der Waals surface area contributed by atoms with Gasteiger partial charge in [-0.15, -0.1) is 11.3 Å². The monoisotopic (exact) mass is 287 g/mol. The van der Waals surface area contributed by atoms with Crippen molar-refractivity contribution >= 4 is 27.4 Å². The third kappa shape index (κ3) is 1.96. The first kappa shape index (κ1) is 13.1. The third-order valence-corrected chi connectivity index (χ3v) is 4.50. The number of thiophene rings is 1. The number of aromatic nitrogens is 4. The van der Waals surface area contributed by atoms with Gasteiger partial charge in [-0.25, -0.2) is 15.0 Å². The lowest BCUT2D eigenvalue weighted by molar-refractivity contribution is 0.909. The lowest BCUT2D eigenvalue weighted by atomic mass is 10.2. The summed E-state index contributed by atoms with van der Waals surface area (Å²) in [6, 6.07) is 0. The van der Waals surface area contributed by atoms with Gasteiger partial charge in [-0.3, -0.25) is 0 Å². The van der Waals surface area contributed by atoms with Crippen LogP contribution in [0.25, 0.3) is 21.9 Å². The zero-order valence-corrected chi connectivity index (χ0v) is 12.9. The van der Waals surface area contributed by atoms with Crippen LogP contribution in [0.1, 0.15) is 17.4 Å². The standard InChI is InChI=1S/C14H17N5S/c1-5-15-11-10-8(2)9(3)20-14(10)18-12(17-11)13-16-6-7-19(13)4/h6-7H,5H2,1-4H3,(H,15,17,18). The fourth-order valence-corrected chi connectivity index (χ4v) is 3.26. The highest BCUT2D eigenvalue weighted by atomic mass is 32.1. The molecule has 104 valence electrons. The molecule has 6 heteroatoms. The summed E-state index contributed by atoms with van der Waals surface area (Å²) in [5.74, 6) is 2.36. The smallest absolute Gasteiger partial charge is 0.199 e. The van der Waals surface area contributed by atoms with Crippen LogP contribution in [0, 0.1) is 13.8 Å². The van der Waals surface area contributed by atoms with E-state index in [1.165, 1.54) is 10.4 Å². The number of fused-ring (bicyclic) bond motifs is 1. The maximum Gasteiger partial charge on any atom is 0.199 e. The number of aryl methyl sites for hydroxylation is 3. The van der Waals surface area contributed by atoms with Crippen molar-refractivity contribution in [2.45, 2.75) is 20.8 Å². The summed E-state index contributed by atoms with van der Waals surface area (Å²) in [6.45, 7) is 7.15. The molecular weight excluding hydrogens is 270 g/mol. The Balaban J connectivity index is 2.28. The van der Waals surface area contributed by atoms with E-state index in [2.05, 4.69) is 41.0 Å². The van der Waals surface area contributed by atoms with Crippen LogP contribution in [0.2, 0.25) is 0 Å². The molecule has 3 rings (SSSR count). The Morgan fingerprint density at radius 3 is 2.75 bits per heavy atom. The predicted molar refractivity (Wildman–Crippen MR) is 83.3 cm³/mol. The maximum atomic E-state index is 4.69. The topological polar surface area (TPSA) is 55.6 Å². The minimum atomic E-state index is 0.669. The molecule has 20 heavy (non-hydrogen) atoms. The van der Waals surface area contributed by atoms with Gasteiger partial charge in [-0.05, 0) is 26.3 Å². The minimum Gasteiger partial charge on any atom is -0.370 e. The summed E-state index contributed by atoms with van der Waals surface area (Å²) in [6.07, 6.45) is 3.67. The van der Waals surface area contributed by atoms with Gasteiger partial charge in [0.2, 0.25) is 0 Å². The number of anilines is 1. The Labute approximate surface area is 121 Å². The second-order valence-corrected chi connectivity index (χ2v) is 5.95. The number of hydrogen-bond acceptors (Lipinski definition) is 5. The maximum absolute atomic E-state index is 4.69. The molecule has 0 saturated carbocycles. The van der Waals surface area contributed by atoms with Gasteiger partial charge in [0.05, 0.1) is 5.39 Å². The Morgan fingerprint density at radius 2 is 2.10 bits per heavy atom. The van der Waals surface area contributed by atoms with Crippen molar-refractivity contribution in [2.75, 3.05) is 11.9 Å². The van der Waals surface area contributed by atoms with Gasteiger partial charge < -0.3 is 9.88 Å². The highest BCUT2D eigenvalue weighted by Gasteiger charge is 2.16. The molecule has 0 radical (unpaired) electrons. The van der Waals surface area contributed by atoms with Crippen molar-refractivity contribution in [3.63, 3.8) is 0 Å². The van der Waals surface area contributed by atoms with E-state index in [0.29, 0.717) is 5.82 Å². The van der Waals surface area contributed by atoms with Gasteiger partial charge in [0.25, 0.3) is 0 Å². The Morgan fingerprint density at radius 1 is 1.30 bits per heavy atom. The van der Waals surface area contributed by atoms with Crippen LogP contribution in [0.4, 0.5) is 5.82 Å². The first-order valence-corrected chi connectivity index (χ1v) is 7.42. The fourth-order valence-electron chi connectivity index (χ4n) is 2.23. The first-order valence-electron chi connectivity index (χ1n) is 6.61. The van der Waals surface area contributed by atoms with E-state index in [-0.39, 0.29) is 0 Å². The molecule has 0 aromatic carbocycles. The normalized spacial score (nSPS) is 11.2. The summed E-state index contributed by atoms with van der Waals surface area (Å²) in [5.41, 5.74) is 1.26. The first-order chi connectivity index (χ1) is 9.61. The van der Waals surface area contributed by atoms with E-state index in [1.54, 1.807) is 17.5 Å². The van der Waals surface area contributed by atoms with Crippen LogP contribution in [-0.4, -0.2) is 26.1 Å². The Hall–Kier alpha value is -1.95. The Kier molecular flexibility index (Phi) is 3.17. The van der Waals surface area contributed by atoms with Crippen molar-refractivity contribution in [3.05, 3.63) is 22.8 Å². The molecule has 1 N–H and O–H groups in total. The van der Waals surface area contributed by atoms with Crippen molar-refractivity contribution < 1.29 is 0 Å². The highest BCUT2D eigenvalue weighted by molar-refractivity contribution is 7.18. The second kappa shape index (κ2) is 4.86. The van der Waals surface area contributed by atoms with Crippen LogP contribution in [0.5, 0.6) is 0 Å². The zero-order chi connectivity index (χ0) is 14.3. The van der Waals surface area contributed by atoms with Crippen molar-refractivity contribution in [1.82, 2.24) is 19.5 Å². The summed E-state index contributed by atoms with van der Waals surface area (Å²) < 4.78 is 1.93. The summed E-state index contributed by atoms with van der Waals surface area (Å²) in [4.78, 5) is 16.0.